The molecule has 0 aliphatic rings. The van der Waals surface area contributed by atoms with Gasteiger partial charge < -0.3 is 4.74 Å². The van der Waals surface area contributed by atoms with Crippen molar-refractivity contribution in [3.63, 3.8) is 0 Å². The molecular weight excluding hydrogens is 290 g/mol. The molecule has 0 saturated heterocycles. The molecule has 0 bridgehead atoms. The van der Waals surface area contributed by atoms with Crippen LogP contribution in [0.1, 0.15) is 6.92 Å². The summed E-state index contributed by atoms with van der Waals surface area (Å²) in [7, 11) is 1.66. The number of fused-ring (bicyclic) bond motifs is 1. The molecule has 2 heterocycles. The van der Waals surface area contributed by atoms with Crippen LogP contribution in [0.5, 0.6) is 5.75 Å². The molecule has 0 N–H and O–H groups in total. The van der Waals surface area contributed by atoms with Gasteiger partial charge >= 0.3 is 0 Å². The van der Waals surface area contributed by atoms with E-state index in [0.717, 1.165) is 38.0 Å². The number of methoxy groups -OCH3 is 1. The van der Waals surface area contributed by atoms with Crippen LogP contribution < -0.4 is 4.74 Å². The van der Waals surface area contributed by atoms with Crippen LogP contribution in [0.25, 0.3) is 21.5 Å². The molecule has 3 aromatic rings. The Bertz CT molecular complexity index is 725. The average Bonchev–Trinajstić information content (AvgIpc) is 2.93. The van der Waals surface area contributed by atoms with Gasteiger partial charge in [0.25, 0.3) is 0 Å². The molecule has 0 unspecified atom stereocenters. The Kier molecular flexibility index (Phi) is 3.84. The zero-order valence-corrected chi connectivity index (χ0v) is 12.8. The van der Waals surface area contributed by atoms with E-state index in [4.69, 9.17) is 4.74 Å². The summed E-state index contributed by atoms with van der Waals surface area (Å²) in [5, 5.41) is 1.01. The molecule has 20 heavy (non-hydrogen) atoms. The quantitative estimate of drug-likeness (QED) is 0.541. The Balaban J connectivity index is 2.09. The molecule has 0 saturated carbocycles. The maximum Gasteiger partial charge on any atom is 0.119 e. The zero-order chi connectivity index (χ0) is 13.9. The van der Waals surface area contributed by atoms with E-state index in [1.165, 1.54) is 11.5 Å². The molecule has 0 fully saturated rings. The normalized spacial score (nSPS) is 10.9. The summed E-state index contributed by atoms with van der Waals surface area (Å²) in [5.41, 5.74) is 2.88. The summed E-state index contributed by atoms with van der Waals surface area (Å²) in [4.78, 5) is 8.73. The number of aromatic nitrogens is 3. The Morgan fingerprint density at radius 3 is 2.70 bits per heavy atom. The Labute approximate surface area is 125 Å². The third kappa shape index (κ3) is 2.36. The first-order chi connectivity index (χ1) is 9.83. The number of rotatable bonds is 4. The molecule has 4 nitrogen and oxygen atoms in total. The van der Waals surface area contributed by atoms with Crippen LogP contribution in [-0.2, 0) is 0 Å². The van der Waals surface area contributed by atoms with Gasteiger partial charge in [-0.25, -0.2) is 9.97 Å². The third-order valence-electron chi connectivity index (χ3n) is 2.87. The number of benzene rings is 1. The molecule has 0 aliphatic carbocycles. The van der Waals surface area contributed by atoms with E-state index in [2.05, 4.69) is 21.3 Å². The number of nitrogens with zero attached hydrogens (tertiary/aromatic N) is 3. The van der Waals surface area contributed by atoms with Gasteiger partial charge in [0.2, 0.25) is 0 Å². The summed E-state index contributed by atoms with van der Waals surface area (Å²) in [6.45, 7) is 2.12. The molecule has 3 rings (SSSR count). The molecule has 0 spiro atoms. The standard InChI is InChI=1S/C14H13N3OS2/c1-3-19-14-13-12(15-8-16-14)11(17-20-13)9-4-6-10(18-2)7-5-9/h4-8H,3H2,1-2H3. The van der Waals surface area contributed by atoms with Crippen LogP contribution in [-0.4, -0.2) is 27.2 Å². The van der Waals surface area contributed by atoms with E-state index >= 15 is 0 Å². The number of hydrogen-bond acceptors (Lipinski definition) is 6. The largest absolute Gasteiger partial charge is 0.497 e. The van der Waals surface area contributed by atoms with Gasteiger partial charge in [0.15, 0.2) is 0 Å². The van der Waals surface area contributed by atoms with Gasteiger partial charge in [-0.15, -0.1) is 11.8 Å². The predicted molar refractivity (Wildman–Crippen MR) is 83.6 cm³/mol. The molecular formula is C14H13N3OS2. The Hall–Kier alpha value is -1.66. The lowest BCUT2D eigenvalue weighted by Crippen LogP contribution is -1.86. The average molecular weight is 303 g/mol. The van der Waals surface area contributed by atoms with E-state index in [-0.39, 0.29) is 0 Å². The minimum atomic E-state index is 0.838. The second-order valence-corrected chi connectivity index (χ2v) is 6.08. The molecule has 1 aromatic carbocycles. The first kappa shape index (κ1) is 13.3. The molecule has 6 heteroatoms. The molecule has 0 aliphatic heterocycles. The summed E-state index contributed by atoms with van der Waals surface area (Å²) in [5.74, 6) is 1.83. The SMILES string of the molecule is CCSc1ncnc2c(-c3ccc(OC)cc3)nsc12. The monoisotopic (exact) mass is 303 g/mol. The molecule has 0 atom stereocenters. The van der Waals surface area contributed by atoms with Crippen molar-refractivity contribution in [2.24, 2.45) is 0 Å². The van der Waals surface area contributed by atoms with Crippen molar-refractivity contribution in [2.45, 2.75) is 11.9 Å². The molecule has 0 radical (unpaired) electrons. The first-order valence-corrected chi connectivity index (χ1v) is 7.97. The van der Waals surface area contributed by atoms with Crippen molar-refractivity contribution in [1.29, 1.82) is 0 Å². The van der Waals surface area contributed by atoms with E-state index in [9.17, 15) is 0 Å². The van der Waals surface area contributed by atoms with Crippen molar-refractivity contribution in [1.82, 2.24) is 14.3 Å². The van der Waals surface area contributed by atoms with Crippen LogP contribution in [0.15, 0.2) is 35.6 Å². The van der Waals surface area contributed by atoms with E-state index in [1.54, 1.807) is 25.2 Å². The van der Waals surface area contributed by atoms with Crippen molar-refractivity contribution in [3.05, 3.63) is 30.6 Å². The van der Waals surface area contributed by atoms with Crippen molar-refractivity contribution in [2.75, 3.05) is 12.9 Å². The lowest BCUT2D eigenvalue weighted by molar-refractivity contribution is 0.415. The van der Waals surface area contributed by atoms with Crippen LogP contribution in [0.4, 0.5) is 0 Å². The number of thioether (sulfide) groups is 1. The topological polar surface area (TPSA) is 47.9 Å². The van der Waals surface area contributed by atoms with Crippen LogP contribution in [0.3, 0.4) is 0 Å². The molecule has 0 amide bonds. The van der Waals surface area contributed by atoms with Crippen molar-refractivity contribution < 1.29 is 4.74 Å². The second-order valence-electron chi connectivity index (χ2n) is 4.05. The van der Waals surface area contributed by atoms with Crippen molar-refractivity contribution >= 4 is 33.5 Å². The maximum absolute atomic E-state index is 5.18. The fourth-order valence-electron chi connectivity index (χ4n) is 1.92. The third-order valence-corrected chi connectivity index (χ3v) is 4.71. The Morgan fingerprint density at radius 2 is 2.00 bits per heavy atom. The van der Waals surface area contributed by atoms with Crippen LogP contribution in [0, 0.1) is 0 Å². The summed E-state index contributed by atoms with van der Waals surface area (Å²) < 4.78 is 10.8. The van der Waals surface area contributed by atoms with Crippen LogP contribution >= 0.6 is 23.3 Å². The Morgan fingerprint density at radius 1 is 1.20 bits per heavy atom. The van der Waals surface area contributed by atoms with E-state index in [1.807, 2.05) is 24.3 Å². The lowest BCUT2D eigenvalue weighted by atomic mass is 10.1. The highest BCUT2D eigenvalue weighted by Gasteiger charge is 2.13. The number of ether oxygens (including phenoxy) is 1. The fourth-order valence-corrected chi connectivity index (χ4v) is 3.57. The van der Waals surface area contributed by atoms with Crippen molar-refractivity contribution in [3.8, 4) is 17.0 Å². The van der Waals surface area contributed by atoms with Gasteiger partial charge in [-0.2, -0.15) is 4.37 Å². The van der Waals surface area contributed by atoms with Gasteiger partial charge in [0.05, 0.1) is 7.11 Å². The first-order valence-electron chi connectivity index (χ1n) is 6.21. The maximum atomic E-state index is 5.18. The zero-order valence-electron chi connectivity index (χ0n) is 11.2. The minimum absolute atomic E-state index is 0.838. The number of hydrogen-bond donors (Lipinski definition) is 0. The smallest absolute Gasteiger partial charge is 0.119 e. The summed E-state index contributed by atoms with van der Waals surface area (Å²) in [6.07, 6.45) is 1.61. The van der Waals surface area contributed by atoms with Crippen LogP contribution in [0.2, 0.25) is 0 Å². The lowest BCUT2D eigenvalue weighted by Gasteiger charge is -2.02. The highest BCUT2D eigenvalue weighted by atomic mass is 32.2. The highest BCUT2D eigenvalue weighted by Crippen LogP contribution is 2.34. The predicted octanol–water partition coefficient (Wildman–Crippen LogP) is 3.87. The highest BCUT2D eigenvalue weighted by molar-refractivity contribution is 7.99. The van der Waals surface area contributed by atoms with Gasteiger partial charge in [-0.05, 0) is 41.6 Å². The molecule has 102 valence electrons. The second kappa shape index (κ2) is 5.76. The molecule has 2 aromatic heterocycles. The van der Waals surface area contributed by atoms with Gasteiger partial charge in [-0.1, -0.05) is 6.92 Å². The fraction of sp³-hybridized carbons (Fsp3) is 0.214. The van der Waals surface area contributed by atoms with Gasteiger partial charge in [0.1, 0.15) is 33.0 Å². The van der Waals surface area contributed by atoms with Gasteiger partial charge in [-0.3, -0.25) is 0 Å². The minimum Gasteiger partial charge on any atom is -0.497 e. The summed E-state index contributed by atoms with van der Waals surface area (Å²) >= 11 is 3.18. The van der Waals surface area contributed by atoms with E-state index in [0.29, 0.717) is 0 Å². The summed E-state index contributed by atoms with van der Waals surface area (Å²) in [6, 6.07) is 7.87. The van der Waals surface area contributed by atoms with Gasteiger partial charge in [0, 0.05) is 5.56 Å². The van der Waals surface area contributed by atoms with E-state index < -0.39 is 0 Å².